The number of aliphatic hydroxyl groups is 1. The maximum absolute atomic E-state index is 11.9. The second kappa shape index (κ2) is 7.50. The van der Waals surface area contributed by atoms with Gasteiger partial charge in [-0.3, -0.25) is 4.79 Å². The number of carbonyl (C=O) groups is 1. The van der Waals surface area contributed by atoms with Gasteiger partial charge in [0, 0.05) is 31.1 Å². The van der Waals surface area contributed by atoms with Gasteiger partial charge in [-0.25, -0.2) is 9.97 Å². The molecule has 0 aliphatic heterocycles. The number of amides is 1. The Labute approximate surface area is 124 Å². The Bertz CT molecular complexity index is 570. The number of benzene rings is 1. The van der Waals surface area contributed by atoms with Crippen molar-refractivity contribution in [1.82, 2.24) is 15.3 Å². The normalized spacial score (nSPS) is 11.9. The smallest absolute Gasteiger partial charge is 0.254 e. The third-order valence-corrected chi connectivity index (χ3v) is 3.18. The Morgan fingerprint density at radius 3 is 2.52 bits per heavy atom. The van der Waals surface area contributed by atoms with E-state index in [0.717, 1.165) is 5.56 Å². The summed E-state index contributed by atoms with van der Waals surface area (Å²) >= 11 is 0. The van der Waals surface area contributed by atoms with Crippen molar-refractivity contribution in [2.75, 3.05) is 13.2 Å². The number of aliphatic hydroxyl groups excluding tert-OH is 1. The van der Waals surface area contributed by atoms with E-state index in [-0.39, 0.29) is 18.4 Å². The van der Waals surface area contributed by atoms with Gasteiger partial charge in [0.25, 0.3) is 5.91 Å². The van der Waals surface area contributed by atoms with Gasteiger partial charge in [0.2, 0.25) is 0 Å². The van der Waals surface area contributed by atoms with E-state index in [2.05, 4.69) is 15.3 Å². The van der Waals surface area contributed by atoms with Gasteiger partial charge in [0.05, 0.1) is 5.56 Å². The molecule has 2 N–H and O–H groups in total. The van der Waals surface area contributed by atoms with Crippen LogP contribution >= 0.6 is 0 Å². The standard InChI is InChI=1S/C16H19N3O2/c1-12(7-8-20)9-19-16(21)14-10-17-15(18-11-14)13-5-3-2-4-6-13/h2-6,10-12,20H,7-9H2,1H3,(H,19,21). The summed E-state index contributed by atoms with van der Waals surface area (Å²) < 4.78 is 0. The second-order valence-corrected chi connectivity index (χ2v) is 4.99. The molecule has 21 heavy (non-hydrogen) atoms. The Balaban J connectivity index is 1.97. The third kappa shape index (κ3) is 4.36. The molecule has 110 valence electrons. The molecule has 0 saturated heterocycles. The molecule has 0 bridgehead atoms. The minimum Gasteiger partial charge on any atom is -0.396 e. The molecule has 1 heterocycles. The molecule has 1 aromatic carbocycles. The van der Waals surface area contributed by atoms with E-state index >= 15 is 0 Å². The Morgan fingerprint density at radius 1 is 1.24 bits per heavy atom. The van der Waals surface area contributed by atoms with Crippen molar-refractivity contribution in [2.24, 2.45) is 5.92 Å². The molecule has 0 saturated carbocycles. The van der Waals surface area contributed by atoms with Crippen LogP contribution in [-0.2, 0) is 0 Å². The molecule has 0 fully saturated rings. The van der Waals surface area contributed by atoms with E-state index in [0.29, 0.717) is 24.4 Å². The van der Waals surface area contributed by atoms with Gasteiger partial charge in [-0.15, -0.1) is 0 Å². The lowest BCUT2D eigenvalue weighted by atomic mass is 10.1. The van der Waals surface area contributed by atoms with Crippen LogP contribution in [0.1, 0.15) is 23.7 Å². The molecular weight excluding hydrogens is 266 g/mol. The van der Waals surface area contributed by atoms with Crippen LogP contribution in [0.3, 0.4) is 0 Å². The first-order valence-electron chi connectivity index (χ1n) is 6.97. The molecular formula is C16H19N3O2. The number of nitrogens with one attached hydrogen (secondary N) is 1. The van der Waals surface area contributed by atoms with E-state index < -0.39 is 0 Å². The van der Waals surface area contributed by atoms with Crippen molar-refractivity contribution in [2.45, 2.75) is 13.3 Å². The maximum atomic E-state index is 11.9. The fourth-order valence-corrected chi connectivity index (χ4v) is 1.87. The van der Waals surface area contributed by atoms with Gasteiger partial charge in [-0.05, 0) is 12.3 Å². The monoisotopic (exact) mass is 285 g/mol. The molecule has 2 rings (SSSR count). The van der Waals surface area contributed by atoms with Crippen molar-refractivity contribution in [3.63, 3.8) is 0 Å². The molecule has 1 unspecified atom stereocenters. The van der Waals surface area contributed by atoms with Crippen LogP contribution in [-0.4, -0.2) is 34.1 Å². The molecule has 1 atom stereocenters. The highest BCUT2D eigenvalue weighted by Gasteiger charge is 2.09. The molecule has 1 aromatic heterocycles. The summed E-state index contributed by atoms with van der Waals surface area (Å²) in [5.74, 6) is 0.642. The highest BCUT2D eigenvalue weighted by atomic mass is 16.3. The molecule has 2 aromatic rings. The number of hydrogen-bond acceptors (Lipinski definition) is 4. The zero-order chi connectivity index (χ0) is 15.1. The van der Waals surface area contributed by atoms with Crippen LogP contribution in [0.2, 0.25) is 0 Å². The summed E-state index contributed by atoms with van der Waals surface area (Å²) in [6, 6.07) is 9.61. The van der Waals surface area contributed by atoms with Crippen molar-refractivity contribution in [3.05, 3.63) is 48.3 Å². The summed E-state index contributed by atoms with van der Waals surface area (Å²) in [4.78, 5) is 20.4. The summed E-state index contributed by atoms with van der Waals surface area (Å²) in [6.45, 7) is 2.64. The van der Waals surface area contributed by atoms with Crippen LogP contribution in [0.25, 0.3) is 11.4 Å². The largest absolute Gasteiger partial charge is 0.396 e. The van der Waals surface area contributed by atoms with Crippen molar-refractivity contribution < 1.29 is 9.90 Å². The molecule has 0 spiro atoms. The highest BCUT2D eigenvalue weighted by molar-refractivity contribution is 5.93. The Kier molecular flexibility index (Phi) is 5.40. The highest BCUT2D eigenvalue weighted by Crippen LogP contribution is 2.13. The van der Waals surface area contributed by atoms with E-state index in [1.165, 1.54) is 12.4 Å². The fourth-order valence-electron chi connectivity index (χ4n) is 1.87. The summed E-state index contributed by atoms with van der Waals surface area (Å²) in [5, 5.41) is 11.6. The van der Waals surface area contributed by atoms with Gasteiger partial charge in [-0.2, -0.15) is 0 Å². The van der Waals surface area contributed by atoms with E-state index in [9.17, 15) is 4.79 Å². The van der Waals surface area contributed by atoms with Crippen LogP contribution in [0.5, 0.6) is 0 Å². The number of aromatic nitrogens is 2. The van der Waals surface area contributed by atoms with Crippen LogP contribution in [0, 0.1) is 5.92 Å². The Hall–Kier alpha value is -2.27. The molecule has 5 nitrogen and oxygen atoms in total. The van der Waals surface area contributed by atoms with Gasteiger partial charge >= 0.3 is 0 Å². The molecule has 5 heteroatoms. The average Bonchev–Trinajstić information content (AvgIpc) is 2.54. The fraction of sp³-hybridized carbons (Fsp3) is 0.312. The quantitative estimate of drug-likeness (QED) is 0.850. The van der Waals surface area contributed by atoms with Gasteiger partial charge in [0.15, 0.2) is 5.82 Å². The predicted molar refractivity (Wildman–Crippen MR) is 80.7 cm³/mol. The first-order chi connectivity index (χ1) is 10.2. The molecule has 1 amide bonds. The molecule has 0 aliphatic rings. The second-order valence-electron chi connectivity index (χ2n) is 4.99. The lowest BCUT2D eigenvalue weighted by molar-refractivity contribution is 0.0944. The lowest BCUT2D eigenvalue weighted by Crippen LogP contribution is -2.28. The van der Waals surface area contributed by atoms with Crippen LogP contribution < -0.4 is 5.32 Å². The van der Waals surface area contributed by atoms with Gasteiger partial charge in [-0.1, -0.05) is 37.3 Å². The first-order valence-corrected chi connectivity index (χ1v) is 6.97. The number of nitrogens with zero attached hydrogens (tertiary/aromatic N) is 2. The van der Waals surface area contributed by atoms with Crippen LogP contribution in [0.4, 0.5) is 0 Å². The minimum atomic E-state index is -0.195. The summed E-state index contributed by atoms with van der Waals surface area (Å²) in [5.41, 5.74) is 1.35. The lowest BCUT2D eigenvalue weighted by Gasteiger charge is -2.11. The number of hydrogen-bond donors (Lipinski definition) is 2. The van der Waals surface area contributed by atoms with Crippen molar-refractivity contribution >= 4 is 5.91 Å². The maximum Gasteiger partial charge on any atom is 0.254 e. The van der Waals surface area contributed by atoms with Gasteiger partial charge < -0.3 is 10.4 Å². The van der Waals surface area contributed by atoms with Crippen molar-refractivity contribution in [1.29, 1.82) is 0 Å². The van der Waals surface area contributed by atoms with Crippen LogP contribution in [0.15, 0.2) is 42.7 Å². The molecule has 0 radical (unpaired) electrons. The zero-order valence-electron chi connectivity index (χ0n) is 12.0. The molecule has 0 aliphatic carbocycles. The van der Waals surface area contributed by atoms with E-state index in [4.69, 9.17) is 5.11 Å². The average molecular weight is 285 g/mol. The summed E-state index contributed by atoms with van der Waals surface area (Å²) in [6.07, 6.45) is 3.73. The van der Waals surface area contributed by atoms with E-state index in [1.807, 2.05) is 37.3 Å². The number of carbonyl (C=O) groups excluding carboxylic acids is 1. The summed E-state index contributed by atoms with van der Waals surface area (Å²) in [7, 11) is 0. The number of rotatable bonds is 6. The van der Waals surface area contributed by atoms with Crippen molar-refractivity contribution in [3.8, 4) is 11.4 Å². The predicted octanol–water partition coefficient (Wildman–Crippen LogP) is 1.89. The first kappa shape index (κ1) is 15.1. The minimum absolute atomic E-state index is 0.131. The SMILES string of the molecule is CC(CCO)CNC(=O)c1cnc(-c2ccccc2)nc1. The zero-order valence-corrected chi connectivity index (χ0v) is 12.0. The van der Waals surface area contributed by atoms with E-state index in [1.54, 1.807) is 0 Å². The van der Waals surface area contributed by atoms with Gasteiger partial charge in [0.1, 0.15) is 0 Å². The topological polar surface area (TPSA) is 75.1 Å². The Morgan fingerprint density at radius 2 is 1.90 bits per heavy atom. The third-order valence-electron chi connectivity index (χ3n) is 3.18.